The molecule has 0 amide bonds. The molecule has 0 aliphatic heterocycles. The predicted octanol–water partition coefficient (Wildman–Crippen LogP) is 2.39. The van der Waals surface area contributed by atoms with Crippen LogP contribution in [-0.2, 0) is 0 Å². The van der Waals surface area contributed by atoms with Crippen LogP contribution in [0.25, 0.3) is 0 Å². The van der Waals surface area contributed by atoms with Crippen molar-refractivity contribution in [3.05, 3.63) is 28.3 Å². The van der Waals surface area contributed by atoms with E-state index in [4.69, 9.17) is 5.73 Å². The Balaban J connectivity index is 2.65. The van der Waals surface area contributed by atoms with E-state index in [9.17, 15) is 15.2 Å². The zero-order valence-electron chi connectivity index (χ0n) is 11.5. The Hall–Kier alpha value is -1.82. The first-order valence-electron chi connectivity index (χ1n) is 6.14. The molecule has 19 heavy (non-hydrogen) atoms. The van der Waals surface area contributed by atoms with Crippen LogP contribution in [0.2, 0.25) is 0 Å². The van der Waals surface area contributed by atoms with Crippen molar-refractivity contribution in [2.75, 3.05) is 17.6 Å². The van der Waals surface area contributed by atoms with Crippen LogP contribution in [0.15, 0.2) is 18.2 Å². The number of nitrogen functional groups attached to an aromatic ring is 1. The smallest absolute Gasteiger partial charge is 0.273 e. The van der Waals surface area contributed by atoms with Gasteiger partial charge in [-0.25, -0.2) is 0 Å². The number of rotatable bonds is 5. The summed E-state index contributed by atoms with van der Waals surface area (Å²) in [5.74, 6) is 0. The molecule has 1 unspecified atom stereocenters. The second kappa shape index (κ2) is 5.88. The Morgan fingerprint density at radius 1 is 1.42 bits per heavy atom. The van der Waals surface area contributed by atoms with Crippen molar-refractivity contribution in [1.29, 1.82) is 0 Å². The average Bonchev–Trinajstić information content (AvgIpc) is 2.23. The lowest BCUT2D eigenvalue weighted by Crippen LogP contribution is -2.25. The molecular weight excluding hydrogens is 246 g/mol. The van der Waals surface area contributed by atoms with Crippen LogP contribution < -0.4 is 11.1 Å². The third-order valence-electron chi connectivity index (χ3n) is 2.54. The minimum Gasteiger partial charge on any atom is -0.398 e. The maximum atomic E-state index is 10.7. The molecule has 0 aliphatic carbocycles. The Morgan fingerprint density at radius 2 is 2.05 bits per heavy atom. The number of aliphatic hydroxyl groups is 1. The quantitative estimate of drug-likeness (QED) is 0.432. The third kappa shape index (κ3) is 5.56. The molecule has 6 nitrogen and oxygen atoms in total. The number of nitro groups is 1. The number of anilines is 2. The summed E-state index contributed by atoms with van der Waals surface area (Å²) >= 11 is 0. The molecule has 0 radical (unpaired) electrons. The molecule has 0 aliphatic rings. The molecule has 1 aromatic rings. The lowest BCUT2D eigenvalue weighted by atomic mass is 9.89. The summed E-state index contributed by atoms with van der Waals surface area (Å²) in [4.78, 5) is 10.2. The van der Waals surface area contributed by atoms with Gasteiger partial charge < -0.3 is 16.2 Å². The summed E-state index contributed by atoms with van der Waals surface area (Å²) in [6.45, 7) is 6.46. The second-order valence-corrected chi connectivity index (χ2v) is 5.87. The summed E-state index contributed by atoms with van der Waals surface area (Å²) in [5, 5.41) is 23.5. The van der Waals surface area contributed by atoms with Crippen molar-refractivity contribution in [3.8, 4) is 0 Å². The Kier molecular flexibility index (Phi) is 4.72. The van der Waals surface area contributed by atoms with Crippen molar-refractivity contribution in [2.45, 2.75) is 33.3 Å². The zero-order valence-corrected chi connectivity index (χ0v) is 11.5. The monoisotopic (exact) mass is 267 g/mol. The fraction of sp³-hybridized carbons (Fsp3) is 0.538. The molecule has 1 atom stereocenters. The van der Waals surface area contributed by atoms with Crippen LogP contribution >= 0.6 is 0 Å². The average molecular weight is 267 g/mol. The Bertz CT molecular complexity index is 455. The highest BCUT2D eigenvalue weighted by Gasteiger charge is 2.16. The Morgan fingerprint density at radius 3 is 2.58 bits per heavy atom. The van der Waals surface area contributed by atoms with Gasteiger partial charge >= 0.3 is 0 Å². The van der Waals surface area contributed by atoms with Gasteiger partial charge in [-0.1, -0.05) is 20.8 Å². The van der Waals surface area contributed by atoms with Crippen LogP contribution in [-0.4, -0.2) is 22.7 Å². The number of aliphatic hydroxyl groups excluding tert-OH is 1. The van der Waals surface area contributed by atoms with Crippen molar-refractivity contribution in [2.24, 2.45) is 5.41 Å². The highest BCUT2D eigenvalue weighted by molar-refractivity contribution is 5.61. The maximum absolute atomic E-state index is 10.7. The van der Waals surface area contributed by atoms with Crippen LogP contribution in [0.4, 0.5) is 17.1 Å². The molecule has 0 saturated heterocycles. The molecule has 0 saturated carbocycles. The highest BCUT2D eigenvalue weighted by Crippen LogP contribution is 2.24. The van der Waals surface area contributed by atoms with Gasteiger partial charge in [-0.15, -0.1) is 0 Å². The van der Waals surface area contributed by atoms with Gasteiger partial charge in [-0.3, -0.25) is 10.1 Å². The largest absolute Gasteiger partial charge is 0.398 e. The highest BCUT2D eigenvalue weighted by atomic mass is 16.6. The van der Waals surface area contributed by atoms with Gasteiger partial charge in [-0.05, 0) is 17.9 Å². The first kappa shape index (κ1) is 15.2. The molecule has 6 heteroatoms. The van der Waals surface area contributed by atoms with Crippen LogP contribution in [0.1, 0.15) is 27.2 Å². The molecule has 0 heterocycles. The van der Waals surface area contributed by atoms with E-state index in [0.717, 1.165) is 0 Å². The van der Waals surface area contributed by atoms with Crippen molar-refractivity contribution in [1.82, 2.24) is 0 Å². The molecule has 0 aromatic heterocycles. The zero-order chi connectivity index (χ0) is 14.6. The number of non-ortho nitro benzene ring substituents is 1. The van der Waals surface area contributed by atoms with E-state index in [-0.39, 0.29) is 11.1 Å². The molecule has 1 aromatic carbocycles. The first-order chi connectivity index (χ1) is 8.67. The fourth-order valence-electron chi connectivity index (χ4n) is 1.86. The number of nitrogens with two attached hydrogens (primary N) is 1. The SMILES string of the molecule is CC(C)(C)CC(O)CNc1cc(N)cc([N+](=O)[O-])c1. The number of benzene rings is 1. The standard InChI is InChI=1S/C13H21N3O3/c1-13(2,3)7-12(17)8-15-10-4-9(14)5-11(6-10)16(18)19/h4-6,12,15,17H,7-8,14H2,1-3H3. The summed E-state index contributed by atoms with van der Waals surface area (Å²) in [7, 11) is 0. The normalized spacial score (nSPS) is 13.1. The van der Waals surface area contributed by atoms with Gasteiger partial charge in [0.2, 0.25) is 0 Å². The molecule has 1 rings (SSSR count). The minimum absolute atomic E-state index is 0.0306. The number of nitrogens with one attached hydrogen (secondary N) is 1. The topological polar surface area (TPSA) is 101 Å². The molecule has 0 bridgehead atoms. The van der Waals surface area contributed by atoms with Gasteiger partial charge in [0, 0.05) is 30.1 Å². The first-order valence-corrected chi connectivity index (χ1v) is 6.14. The van der Waals surface area contributed by atoms with Gasteiger partial charge in [0.05, 0.1) is 11.0 Å². The number of hydrogen-bond acceptors (Lipinski definition) is 5. The van der Waals surface area contributed by atoms with E-state index >= 15 is 0 Å². The van der Waals surface area contributed by atoms with E-state index in [1.807, 2.05) is 20.8 Å². The summed E-state index contributed by atoms with van der Waals surface area (Å²) < 4.78 is 0. The van der Waals surface area contributed by atoms with Crippen molar-refractivity contribution >= 4 is 17.1 Å². The lowest BCUT2D eigenvalue weighted by molar-refractivity contribution is -0.384. The van der Waals surface area contributed by atoms with Gasteiger partial charge in [0.15, 0.2) is 0 Å². The summed E-state index contributed by atoms with van der Waals surface area (Å²) in [6.07, 6.45) is 0.130. The maximum Gasteiger partial charge on any atom is 0.273 e. The summed E-state index contributed by atoms with van der Waals surface area (Å²) in [6, 6.07) is 4.31. The summed E-state index contributed by atoms with van der Waals surface area (Å²) in [5.41, 5.74) is 6.43. The lowest BCUT2D eigenvalue weighted by Gasteiger charge is -2.22. The fourth-order valence-corrected chi connectivity index (χ4v) is 1.86. The number of nitrogens with zero attached hydrogens (tertiary/aromatic N) is 1. The van der Waals surface area contributed by atoms with Crippen LogP contribution in [0.5, 0.6) is 0 Å². The number of nitro benzene ring substituents is 1. The molecule has 0 spiro atoms. The van der Waals surface area contributed by atoms with Crippen LogP contribution in [0, 0.1) is 15.5 Å². The van der Waals surface area contributed by atoms with Crippen LogP contribution in [0.3, 0.4) is 0 Å². The second-order valence-electron chi connectivity index (χ2n) is 5.87. The van der Waals surface area contributed by atoms with Gasteiger partial charge in [-0.2, -0.15) is 0 Å². The van der Waals surface area contributed by atoms with E-state index < -0.39 is 11.0 Å². The number of hydrogen-bond donors (Lipinski definition) is 3. The minimum atomic E-state index is -0.513. The molecule has 0 fully saturated rings. The van der Waals surface area contributed by atoms with E-state index in [1.54, 1.807) is 6.07 Å². The van der Waals surface area contributed by atoms with Crippen molar-refractivity contribution in [3.63, 3.8) is 0 Å². The van der Waals surface area contributed by atoms with Crippen molar-refractivity contribution < 1.29 is 10.0 Å². The predicted molar refractivity (Wildman–Crippen MR) is 76.1 cm³/mol. The Labute approximate surface area is 112 Å². The molecule has 4 N–H and O–H groups in total. The van der Waals surface area contributed by atoms with E-state index in [1.165, 1.54) is 12.1 Å². The van der Waals surface area contributed by atoms with E-state index in [0.29, 0.717) is 24.3 Å². The third-order valence-corrected chi connectivity index (χ3v) is 2.54. The molecular formula is C13H21N3O3. The van der Waals surface area contributed by atoms with E-state index in [2.05, 4.69) is 5.32 Å². The molecule has 106 valence electrons. The van der Waals surface area contributed by atoms with Gasteiger partial charge in [0.1, 0.15) is 0 Å². The van der Waals surface area contributed by atoms with Gasteiger partial charge in [0.25, 0.3) is 5.69 Å².